The largest absolute Gasteiger partial charge is 0.330 e. The van der Waals surface area contributed by atoms with Crippen LogP contribution in [0.15, 0.2) is 35.3 Å². The molecule has 96 valence electrons. The molecule has 0 bridgehead atoms. The van der Waals surface area contributed by atoms with Crippen molar-refractivity contribution in [2.24, 2.45) is 0 Å². The van der Waals surface area contributed by atoms with Gasteiger partial charge < -0.3 is 4.98 Å². The summed E-state index contributed by atoms with van der Waals surface area (Å²) in [7, 11) is 1.61. The molecule has 0 aliphatic heterocycles. The lowest BCUT2D eigenvalue weighted by molar-refractivity contribution is 0.609. The van der Waals surface area contributed by atoms with Crippen LogP contribution in [-0.4, -0.2) is 18.0 Å². The lowest BCUT2D eigenvalue weighted by Gasteiger charge is -2.05. The van der Waals surface area contributed by atoms with Gasteiger partial charge in [-0.15, -0.1) is 0 Å². The average molecular weight is 287 g/mol. The topological polar surface area (TPSA) is 71.9 Å². The number of nitrogens with one attached hydrogen (secondary N) is 1. The van der Waals surface area contributed by atoms with Gasteiger partial charge in [-0.05, 0) is 24.6 Å². The van der Waals surface area contributed by atoms with Gasteiger partial charge in [0.15, 0.2) is 0 Å². The van der Waals surface area contributed by atoms with Crippen molar-refractivity contribution in [2.75, 3.05) is 0 Å². The number of nitrogens with zero attached hydrogens (tertiary/aromatic N) is 1. The fourth-order valence-electron chi connectivity index (χ4n) is 1.72. The Kier molecular flexibility index (Phi) is 3.32. The number of hydrogen-bond donors (Lipinski definition) is 1. The molecule has 0 unspecified atom stereocenters. The highest BCUT2D eigenvalue weighted by Gasteiger charge is 2.08. The molecular formula is C11H11ClN2O3S. The molecule has 2 rings (SSSR count). The van der Waals surface area contributed by atoms with Crippen LogP contribution < -0.4 is 5.69 Å². The molecule has 0 atom stereocenters. The summed E-state index contributed by atoms with van der Waals surface area (Å²) in [5, 5.41) is 0. The van der Waals surface area contributed by atoms with Gasteiger partial charge >= 0.3 is 5.69 Å². The Labute approximate surface area is 108 Å². The monoisotopic (exact) mass is 286 g/mol. The Balaban J connectivity index is 2.37. The first kappa shape index (κ1) is 12.9. The minimum Gasteiger partial charge on any atom is -0.312 e. The summed E-state index contributed by atoms with van der Waals surface area (Å²) < 4.78 is 23.4. The summed E-state index contributed by atoms with van der Waals surface area (Å²) in [6.45, 7) is 1.80. The van der Waals surface area contributed by atoms with E-state index in [9.17, 15) is 13.2 Å². The number of rotatable bonds is 3. The molecule has 0 aliphatic carbocycles. The van der Waals surface area contributed by atoms with E-state index in [-0.39, 0.29) is 11.4 Å². The first-order valence-corrected chi connectivity index (χ1v) is 7.63. The lowest BCUT2D eigenvalue weighted by Crippen LogP contribution is -2.15. The maximum atomic E-state index is 11.5. The minimum atomic E-state index is -3.56. The molecule has 0 radical (unpaired) electrons. The van der Waals surface area contributed by atoms with Crippen LogP contribution in [-0.2, 0) is 14.8 Å². The Morgan fingerprint density at radius 2 is 1.89 bits per heavy atom. The lowest BCUT2D eigenvalue weighted by atomic mass is 10.2. The minimum absolute atomic E-state index is 0.226. The van der Waals surface area contributed by atoms with Gasteiger partial charge in [0.05, 0.1) is 11.4 Å². The quantitative estimate of drug-likeness (QED) is 0.870. The maximum absolute atomic E-state index is 11.5. The van der Waals surface area contributed by atoms with Crippen molar-refractivity contribution in [3.05, 3.63) is 52.2 Å². The summed E-state index contributed by atoms with van der Waals surface area (Å²) >= 11 is 0. The van der Waals surface area contributed by atoms with E-state index in [1.165, 1.54) is 4.57 Å². The SMILES string of the molecule is Cc1c[nH]c(=O)n1-c1ccc(CS(=O)(=O)Cl)cc1. The third-order valence-electron chi connectivity index (χ3n) is 2.49. The van der Waals surface area contributed by atoms with Crippen LogP contribution in [0.1, 0.15) is 11.3 Å². The third kappa shape index (κ3) is 2.83. The zero-order chi connectivity index (χ0) is 13.3. The van der Waals surface area contributed by atoms with Crippen LogP contribution >= 0.6 is 10.7 Å². The molecule has 1 aromatic heterocycles. The Morgan fingerprint density at radius 1 is 1.28 bits per heavy atom. The van der Waals surface area contributed by atoms with E-state index in [2.05, 4.69) is 4.98 Å². The van der Waals surface area contributed by atoms with Crippen LogP contribution in [0, 0.1) is 6.92 Å². The third-order valence-corrected chi connectivity index (χ3v) is 3.50. The predicted octanol–water partition coefficient (Wildman–Crippen LogP) is 1.54. The zero-order valence-electron chi connectivity index (χ0n) is 9.55. The van der Waals surface area contributed by atoms with Crippen LogP contribution in [0.25, 0.3) is 5.69 Å². The number of halogens is 1. The summed E-state index contributed by atoms with van der Waals surface area (Å²) in [5.41, 5.74) is 1.80. The van der Waals surface area contributed by atoms with Crippen molar-refractivity contribution in [1.82, 2.24) is 9.55 Å². The van der Waals surface area contributed by atoms with E-state index in [1.807, 2.05) is 0 Å². The number of H-pyrrole nitrogens is 1. The fraction of sp³-hybridized carbons (Fsp3) is 0.182. The molecule has 1 N–H and O–H groups in total. The van der Waals surface area contributed by atoms with Crippen molar-refractivity contribution in [1.29, 1.82) is 0 Å². The Bertz CT molecular complexity index is 713. The van der Waals surface area contributed by atoms with Crippen molar-refractivity contribution < 1.29 is 8.42 Å². The van der Waals surface area contributed by atoms with Crippen molar-refractivity contribution in [3.63, 3.8) is 0 Å². The summed E-state index contributed by atoms with van der Waals surface area (Å²) in [4.78, 5) is 14.1. The molecule has 1 aromatic carbocycles. The van der Waals surface area contributed by atoms with E-state index < -0.39 is 9.05 Å². The van der Waals surface area contributed by atoms with Gasteiger partial charge in [0, 0.05) is 22.6 Å². The van der Waals surface area contributed by atoms with E-state index in [4.69, 9.17) is 10.7 Å². The van der Waals surface area contributed by atoms with E-state index in [0.717, 1.165) is 5.69 Å². The van der Waals surface area contributed by atoms with Crippen molar-refractivity contribution >= 4 is 19.7 Å². The number of hydrogen-bond acceptors (Lipinski definition) is 3. The molecule has 18 heavy (non-hydrogen) atoms. The maximum Gasteiger partial charge on any atom is 0.330 e. The highest BCUT2D eigenvalue weighted by Crippen LogP contribution is 2.13. The molecule has 0 saturated carbocycles. The van der Waals surface area contributed by atoms with Gasteiger partial charge in [-0.3, -0.25) is 4.57 Å². The molecule has 0 spiro atoms. The predicted molar refractivity (Wildman–Crippen MR) is 69.6 cm³/mol. The molecule has 7 heteroatoms. The number of benzene rings is 1. The van der Waals surface area contributed by atoms with Gasteiger partial charge in [-0.25, -0.2) is 13.2 Å². The van der Waals surface area contributed by atoms with Gasteiger partial charge in [0.25, 0.3) is 0 Å². The molecule has 0 saturated heterocycles. The second-order valence-electron chi connectivity index (χ2n) is 3.92. The summed E-state index contributed by atoms with van der Waals surface area (Å²) in [6.07, 6.45) is 1.61. The van der Waals surface area contributed by atoms with Gasteiger partial charge in [0.2, 0.25) is 9.05 Å². The molecule has 0 aliphatic rings. The zero-order valence-corrected chi connectivity index (χ0v) is 11.1. The highest BCUT2D eigenvalue weighted by atomic mass is 35.7. The van der Waals surface area contributed by atoms with Crippen LogP contribution in [0.3, 0.4) is 0 Å². The Morgan fingerprint density at radius 3 is 2.33 bits per heavy atom. The molecule has 0 fully saturated rings. The first-order chi connectivity index (χ1) is 8.37. The number of aromatic nitrogens is 2. The number of aryl methyl sites for hydroxylation is 1. The van der Waals surface area contributed by atoms with E-state index in [0.29, 0.717) is 11.3 Å². The molecular weight excluding hydrogens is 276 g/mol. The normalized spacial score (nSPS) is 11.7. The van der Waals surface area contributed by atoms with E-state index in [1.54, 1.807) is 37.4 Å². The molecule has 0 amide bonds. The van der Waals surface area contributed by atoms with Crippen molar-refractivity contribution in [3.8, 4) is 5.69 Å². The molecule has 1 heterocycles. The van der Waals surface area contributed by atoms with Gasteiger partial charge in [0.1, 0.15) is 0 Å². The van der Waals surface area contributed by atoms with E-state index >= 15 is 0 Å². The van der Waals surface area contributed by atoms with Gasteiger partial charge in [-0.1, -0.05) is 12.1 Å². The van der Waals surface area contributed by atoms with Crippen molar-refractivity contribution in [2.45, 2.75) is 12.7 Å². The van der Waals surface area contributed by atoms with Crippen LogP contribution in [0.2, 0.25) is 0 Å². The second kappa shape index (κ2) is 4.62. The first-order valence-electron chi connectivity index (χ1n) is 5.15. The smallest absolute Gasteiger partial charge is 0.312 e. The molecule has 2 aromatic rings. The van der Waals surface area contributed by atoms with Crippen LogP contribution in [0.5, 0.6) is 0 Å². The number of imidazole rings is 1. The average Bonchev–Trinajstić information content (AvgIpc) is 2.58. The number of aromatic amines is 1. The van der Waals surface area contributed by atoms with Gasteiger partial charge in [-0.2, -0.15) is 0 Å². The highest BCUT2D eigenvalue weighted by molar-refractivity contribution is 8.13. The summed E-state index contributed by atoms with van der Waals surface area (Å²) in [5.74, 6) is -0.226. The fourth-order valence-corrected chi connectivity index (χ4v) is 2.69. The summed E-state index contributed by atoms with van der Waals surface area (Å²) in [6, 6.07) is 6.63. The standard InChI is InChI=1S/C11H11ClN2O3S/c1-8-6-13-11(15)14(8)10-4-2-9(3-5-10)7-18(12,16)17/h2-6H,7H2,1H3,(H,13,15). The van der Waals surface area contributed by atoms with Crippen LogP contribution in [0.4, 0.5) is 0 Å². The Hall–Kier alpha value is -1.53. The molecule has 5 nitrogen and oxygen atoms in total. The second-order valence-corrected chi connectivity index (χ2v) is 6.70.